The zero-order valence-corrected chi connectivity index (χ0v) is 8.66. The molecule has 15 heavy (non-hydrogen) atoms. The Kier molecular flexibility index (Phi) is 2.83. The van der Waals surface area contributed by atoms with E-state index in [1.54, 1.807) is 12.4 Å². The Morgan fingerprint density at radius 3 is 2.93 bits per heavy atom. The SMILES string of the molecule is O=C(CCl)Nc1cncc2ccccc12. The first kappa shape index (κ1) is 9.93. The number of fused-ring (bicyclic) bond motifs is 1. The fraction of sp³-hybridized carbons (Fsp3) is 0.0909. The lowest BCUT2D eigenvalue weighted by Crippen LogP contribution is -2.12. The number of nitrogens with zero attached hydrogens (tertiary/aromatic N) is 1. The van der Waals surface area contributed by atoms with Crippen LogP contribution in [0.1, 0.15) is 0 Å². The molecular formula is C11H9ClN2O. The second-order valence-corrected chi connectivity index (χ2v) is 3.36. The van der Waals surface area contributed by atoms with Gasteiger partial charge in [0.1, 0.15) is 5.88 Å². The van der Waals surface area contributed by atoms with Gasteiger partial charge in [-0.15, -0.1) is 11.6 Å². The molecule has 0 aliphatic rings. The smallest absolute Gasteiger partial charge is 0.239 e. The molecule has 1 N–H and O–H groups in total. The van der Waals surface area contributed by atoms with Crippen molar-refractivity contribution in [2.24, 2.45) is 0 Å². The average molecular weight is 221 g/mol. The van der Waals surface area contributed by atoms with Gasteiger partial charge in [0.2, 0.25) is 5.91 Å². The number of amides is 1. The van der Waals surface area contributed by atoms with Gasteiger partial charge >= 0.3 is 0 Å². The summed E-state index contributed by atoms with van der Waals surface area (Å²) >= 11 is 5.42. The van der Waals surface area contributed by atoms with E-state index in [9.17, 15) is 4.79 Å². The molecule has 76 valence electrons. The van der Waals surface area contributed by atoms with Crippen molar-refractivity contribution in [3.8, 4) is 0 Å². The highest BCUT2D eigenvalue weighted by atomic mass is 35.5. The van der Waals surface area contributed by atoms with Crippen LogP contribution >= 0.6 is 11.6 Å². The molecule has 0 saturated heterocycles. The lowest BCUT2D eigenvalue weighted by atomic mass is 10.1. The summed E-state index contributed by atoms with van der Waals surface area (Å²) in [6.45, 7) is 0. The van der Waals surface area contributed by atoms with Crippen LogP contribution in [0, 0.1) is 0 Å². The minimum absolute atomic E-state index is 0.0524. The van der Waals surface area contributed by atoms with Crippen molar-refractivity contribution >= 4 is 34.0 Å². The number of rotatable bonds is 2. The molecule has 0 atom stereocenters. The highest BCUT2D eigenvalue weighted by Crippen LogP contribution is 2.21. The first-order chi connectivity index (χ1) is 7.31. The van der Waals surface area contributed by atoms with Crippen LogP contribution in [0.3, 0.4) is 0 Å². The molecule has 0 unspecified atom stereocenters. The lowest BCUT2D eigenvalue weighted by molar-refractivity contribution is -0.113. The number of pyridine rings is 1. The van der Waals surface area contributed by atoms with E-state index < -0.39 is 0 Å². The third-order valence-electron chi connectivity index (χ3n) is 2.06. The molecule has 0 bridgehead atoms. The molecular weight excluding hydrogens is 212 g/mol. The van der Waals surface area contributed by atoms with E-state index in [4.69, 9.17) is 11.6 Å². The van der Waals surface area contributed by atoms with Gasteiger partial charge in [0.15, 0.2) is 0 Å². The highest BCUT2D eigenvalue weighted by molar-refractivity contribution is 6.29. The predicted molar refractivity (Wildman–Crippen MR) is 61.1 cm³/mol. The third kappa shape index (κ3) is 2.07. The maximum atomic E-state index is 11.2. The second-order valence-electron chi connectivity index (χ2n) is 3.09. The highest BCUT2D eigenvalue weighted by Gasteiger charge is 2.04. The molecule has 3 nitrogen and oxygen atoms in total. The molecule has 2 aromatic rings. The van der Waals surface area contributed by atoms with Gasteiger partial charge in [-0.2, -0.15) is 0 Å². The minimum atomic E-state index is -0.227. The fourth-order valence-corrected chi connectivity index (χ4v) is 1.47. The molecule has 1 amide bonds. The van der Waals surface area contributed by atoms with Gasteiger partial charge in [-0.05, 0) is 0 Å². The summed E-state index contributed by atoms with van der Waals surface area (Å²) < 4.78 is 0. The largest absolute Gasteiger partial charge is 0.323 e. The lowest BCUT2D eigenvalue weighted by Gasteiger charge is -2.06. The van der Waals surface area contributed by atoms with Crippen molar-refractivity contribution in [3.05, 3.63) is 36.7 Å². The van der Waals surface area contributed by atoms with Gasteiger partial charge in [0.05, 0.1) is 11.9 Å². The number of aromatic nitrogens is 1. The summed E-state index contributed by atoms with van der Waals surface area (Å²) in [6, 6.07) is 7.72. The van der Waals surface area contributed by atoms with Crippen LogP contribution in [0.5, 0.6) is 0 Å². The molecule has 0 spiro atoms. The van der Waals surface area contributed by atoms with Crippen molar-refractivity contribution in [2.45, 2.75) is 0 Å². The monoisotopic (exact) mass is 220 g/mol. The maximum absolute atomic E-state index is 11.2. The molecule has 2 rings (SSSR count). The zero-order valence-electron chi connectivity index (χ0n) is 7.90. The van der Waals surface area contributed by atoms with E-state index >= 15 is 0 Å². The van der Waals surface area contributed by atoms with Crippen molar-refractivity contribution < 1.29 is 4.79 Å². The topological polar surface area (TPSA) is 42.0 Å². The van der Waals surface area contributed by atoms with Crippen molar-refractivity contribution in [1.29, 1.82) is 0 Å². The number of hydrogen-bond donors (Lipinski definition) is 1. The minimum Gasteiger partial charge on any atom is -0.323 e. The Bertz CT molecular complexity index is 493. The van der Waals surface area contributed by atoms with Crippen LogP contribution < -0.4 is 5.32 Å². The Labute approximate surface area is 92.1 Å². The summed E-state index contributed by atoms with van der Waals surface area (Å²) in [5, 5.41) is 4.66. The summed E-state index contributed by atoms with van der Waals surface area (Å²) in [5.41, 5.74) is 0.693. The number of halogens is 1. The van der Waals surface area contributed by atoms with Crippen LogP contribution in [-0.4, -0.2) is 16.8 Å². The standard InChI is InChI=1S/C11H9ClN2O/c12-5-11(15)14-10-7-13-6-8-3-1-2-4-9(8)10/h1-4,6-7H,5H2,(H,14,15). The normalized spacial score (nSPS) is 10.2. The van der Waals surface area contributed by atoms with Gasteiger partial charge < -0.3 is 5.32 Å². The van der Waals surface area contributed by atoms with Gasteiger partial charge in [0.25, 0.3) is 0 Å². The molecule has 0 aliphatic heterocycles. The van der Waals surface area contributed by atoms with Crippen LogP contribution in [0.4, 0.5) is 5.69 Å². The molecule has 0 saturated carbocycles. The fourth-order valence-electron chi connectivity index (χ4n) is 1.40. The summed E-state index contributed by atoms with van der Waals surface area (Å²) in [5.74, 6) is -0.279. The molecule has 1 aromatic carbocycles. The number of hydrogen-bond acceptors (Lipinski definition) is 2. The Balaban J connectivity index is 2.46. The quantitative estimate of drug-likeness (QED) is 0.790. The van der Waals surface area contributed by atoms with Crippen LogP contribution in [0.15, 0.2) is 36.7 Å². The van der Waals surface area contributed by atoms with Gasteiger partial charge in [-0.1, -0.05) is 24.3 Å². The van der Waals surface area contributed by atoms with E-state index in [2.05, 4.69) is 10.3 Å². The van der Waals surface area contributed by atoms with Crippen molar-refractivity contribution in [2.75, 3.05) is 11.2 Å². The van der Waals surface area contributed by atoms with E-state index in [1.165, 1.54) is 0 Å². The number of carbonyl (C=O) groups excluding carboxylic acids is 1. The van der Waals surface area contributed by atoms with E-state index in [-0.39, 0.29) is 11.8 Å². The van der Waals surface area contributed by atoms with Crippen LogP contribution in [0.25, 0.3) is 10.8 Å². The molecule has 0 radical (unpaired) electrons. The summed E-state index contributed by atoms with van der Waals surface area (Å²) in [4.78, 5) is 15.2. The number of carbonyl (C=O) groups is 1. The molecule has 0 aliphatic carbocycles. The average Bonchev–Trinajstić information content (AvgIpc) is 2.29. The number of alkyl halides is 1. The summed E-state index contributed by atoms with van der Waals surface area (Å²) in [7, 11) is 0. The summed E-state index contributed by atoms with van der Waals surface area (Å²) in [6.07, 6.45) is 3.37. The zero-order chi connectivity index (χ0) is 10.7. The van der Waals surface area contributed by atoms with Crippen LogP contribution in [-0.2, 0) is 4.79 Å². The van der Waals surface area contributed by atoms with Gasteiger partial charge in [-0.25, -0.2) is 0 Å². The first-order valence-electron chi connectivity index (χ1n) is 4.50. The second kappa shape index (κ2) is 4.28. The molecule has 1 heterocycles. The van der Waals surface area contributed by atoms with Crippen LogP contribution in [0.2, 0.25) is 0 Å². The van der Waals surface area contributed by atoms with E-state index in [1.807, 2.05) is 24.3 Å². The Hall–Kier alpha value is -1.61. The van der Waals surface area contributed by atoms with E-state index in [0.29, 0.717) is 5.69 Å². The Morgan fingerprint density at radius 2 is 2.13 bits per heavy atom. The maximum Gasteiger partial charge on any atom is 0.239 e. The van der Waals surface area contributed by atoms with Crippen molar-refractivity contribution in [1.82, 2.24) is 4.98 Å². The van der Waals surface area contributed by atoms with Crippen molar-refractivity contribution in [3.63, 3.8) is 0 Å². The number of anilines is 1. The first-order valence-corrected chi connectivity index (χ1v) is 5.03. The number of benzene rings is 1. The molecule has 0 fully saturated rings. The van der Waals surface area contributed by atoms with E-state index in [0.717, 1.165) is 10.8 Å². The number of nitrogens with one attached hydrogen (secondary N) is 1. The molecule has 4 heteroatoms. The predicted octanol–water partition coefficient (Wildman–Crippen LogP) is 2.41. The Morgan fingerprint density at radius 1 is 1.33 bits per heavy atom. The van der Waals surface area contributed by atoms with Gasteiger partial charge in [-0.3, -0.25) is 9.78 Å². The molecule has 1 aromatic heterocycles. The third-order valence-corrected chi connectivity index (χ3v) is 2.31. The van der Waals surface area contributed by atoms with Gasteiger partial charge in [0, 0.05) is 17.0 Å².